The lowest BCUT2D eigenvalue weighted by Crippen LogP contribution is -2.47. The van der Waals surface area contributed by atoms with E-state index in [1.807, 2.05) is 23.1 Å². The molecule has 0 aromatic carbocycles. The summed E-state index contributed by atoms with van der Waals surface area (Å²) in [5, 5.41) is 2.98. The number of urea groups is 1. The Morgan fingerprint density at radius 1 is 1.14 bits per heavy atom. The van der Waals surface area contributed by atoms with Gasteiger partial charge in [0.05, 0.1) is 12.2 Å². The van der Waals surface area contributed by atoms with Gasteiger partial charge in [0.15, 0.2) is 0 Å². The van der Waals surface area contributed by atoms with E-state index in [1.165, 1.54) is 44.9 Å². The quantitative estimate of drug-likeness (QED) is 0.906. The number of rotatable bonds is 2. The number of amides is 2. The number of carbonyl (C=O) groups is 1. The first kappa shape index (κ1) is 14.4. The first-order chi connectivity index (χ1) is 10.3. The summed E-state index contributed by atoms with van der Waals surface area (Å²) in [4.78, 5) is 18.4. The van der Waals surface area contributed by atoms with E-state index in [9.17, 15) is 4.79 Å². The molecule has 1 N–H and O–H groups in total. The molecule has 4 heteroatoms. The summed E-state index contributed by atoms with van der Waals surface area (Å²) in [5.74, 6) is 0. The van der Waals surface area contributed by atoms with Crippen LogP contribution in [0.3, 0.4) is 0 Å². The molecule has 1 saturated carbocycles. The van der Waals surface area contributed by atoms with Gasteiger partial charge in [-0.25, -0.2) is 4.79 Å². The van der Waals surface area contributed by atoms with E-state index in [0.717, 1.165) is 18.8 Å². The van der Waals surface area contributed by atoms with Crippen LogP contribution in [0.2, 0.25) is 0 Å². The van der Waals surface area contributed by atoms with Crippen LogP contribution in [0, 0.1) is 5.41 Å². The maximum absolute atomic E-state index is 12.2. The molecule has 1 aromatic heterocycles. The predicted octanol–water partition coefficient (Wildman–Crippen LogP) is 3.34. The molecule has 2 amide bonds. The van der Waals surface area contributed by atoms with Crippen molar-refractivity contribution in [1.29, 1.82) is 0 Å². The molecule has 1 aliphatic heterocycles. The lowest BCUT2D eigenvalue weighted by molar-refractivity contribution is 0.0811. The average molecular weight is 287 g/mol. The Labute approximate surface area is 126 Å². The topological polar surface area (TPSA) is 45.2 Å². The summed E-state index contributed by atoms with van der Waals surface area (Å²) >= 11 is 0. The normalized spacial score (nSPS) is 21.2. The molecule has 0 unspecified atom stereocenters. The Balaban J connectivity index is 1.46. The fraction of sp³-hybridized carbons (Fsp3) is 0.647. The Morgan fingerprint density at radius 3 is 2.57 bits per heavy atom. The minimum Gasteiger partial charge on any atom is -0.332 e. The molecule has 1 saturated heterocycles. The molecule has 0 bridgehead atoms. The van der Waals surface area contributed by atoms with Crippen LogP contribution in [0.1, 0.15) is 50.6 Å². The largest absolute Gasteiger partial charge is 0.332 e. The number of pyridine rings is 1. The van der Waals surface area contributed by atoms with E-state index in [4.69, 9.17) is 0 Å². The molecule has 2 heterocycles. The zero-order valence-corrected chi connectivity index (χ0v) is 12.7. The molecule has 4 nitrogen and oxygen atoms in total. The molecule has 2 fully saturated rings. The fourth-order valence-corrected chi connectivity index (χ4v) is 3.77. The number of likely N-dealkylation sites (tertiary alicyclic amines) is 1. The maximum atomic E-state index is 12.2. The molecule has 3 rings (SSSR count). The molecule has 0 radical (unpaired) electrons. The van der Waals surface area contributed by atoms with E-state index in [-0.39, 0.29) is 6.03 Å². The third-order valence-electron chi connectivity index (χ3n) is 5.17. The average Bonchev–Trinajstić information content (AvgIpc) is 2.55. The van der Waals surface area contributed by atoms with Gasteiger partial charge in [0, 0.05) is 19.3 Å². The van der Waals surface area contributed by atoms with Crippen molar-refractivity contribution in [2.75, 3.05) is 13.1 Å². The van der Waals surface area contributed by atoms with Gasteiger partial charge in [0.1, 0.15) is 0 Å². The molecule has 2 aliphatic rings. The van der Waals surface area contributed by atoms with Crippen LogP contribution in [0.4, 0.5) is 4.79 Å². The second-order valence-corrected chi connectivity index (χ2v) is 6.53. The minimum absolute atomic E-state index is 0.0614. The molecule has 1 aromatic rings. The van der Waals surface area contributed by atoms with Crippen LogP contribution >= 0.6 is 0 Å². The van der Waals surface area contributed by atoms with Crippen molar-refractivity contribution in [3.63, 3.8) is 0 Å². The third kappa shape index (κ3) is 3.55. The smallest absolute Gasteiger partial charge is 0.317 e. The highest BCUT2D eigenvalue weighted by atomic mass is 16.2. The summed E-state index contributed by atoms with van der Waals surface area (Å²) in [6.07, 6.45) is 11.0. The van der Waals surface area contributed by atoms with Crippen molar-refractivity contribution in [2.24, 2.45) is 5.41 Å². The summed E-state index contributed by atoms with van der Waals surface area (Å²) in [5.41, 5.74) is 1.46. The molecule has 0 atom stereocenters. The minimum atomic E-state index is 0.0614. The molecular formula is C17H25N3O. The number of piperidine rings is 1. The number of nitrogens with one attached hydrogen (secondary N) is 1. The number of hydrogen-bond donors (Lipinski definition) is 1. The highest BCUT2D eigenvalue weighted by Crippen LogP contribution is 2.44. The summed E-state index contributed by atoms with van der Waals surface area (Å²) < 4.78 is 0. The zero-order chi connectivity index (χ0) is 14.5. The van der Waals surface area contributed by atoms with Gasteiger partial charge < -0.3 is 10.2 Å². The van der Waals surface area contributed by atoms with Crippen molar-refractivity contribution in [2.45, 2.75) is 51.5 Å². The predicted molar refractivity (Wildman–Crippen MR) is 82.8 cm³/mol. The first-order valence-corrected chi connectivity index (χ1v) is 8.20. The third-order valence-corrected chi connectivity index (χ3v) is 5.17. The van der Waals surface area contributed by atoms with E-state index in [0.29, 0.717) is 12.0 Å². The van der Waals surface area contributed by atoms with Gasteiger partial charge in [0.25, 0.3) is 0 Å². The van der Waals surface area contributed by atoms with Crippen molar-refractivity contribution >= 4 is 6.03 Å². The van der Waals surface area contributed by atoms with Crippen LogP contribution in [-0.4, -0.2) is 29.0 Å². The zero-order valence-electron chi connectivity index (χ0n) is 12.7. The van der Waals surface area contributed by atoms with Gasteiger partial charge in [-0.3, -0.25) is 4.98 Å². The van der Waals surface area contributed by atoms with Crippen molar-refractivity contribution in [3.8, 4) is 0 Å². The van der Waals surface area contributed by atoms with Gasteiger partial charge in [-0.2, -0.15) is 0 Å². The number of aromatic nitrogens is 1. The molecule has 1 spiro atoms. The Kier molecular flexibility index (Phi) is 4.42. The highest BCUT2D eigenvalue weighted by Gasteiger charge is 2.36. The van der Waals surface area contributed by atoms with E-state index in [2.05, 4.69) is 10.3 Å². The van der Waals surface area contributed by atoms with Crippen molar-refractivity contribution < 1.29 is 4.79 Å². The van der Waals surface area contributed by atoms with E-state index < -0.39 is 0 Å². The van der Waals surface area contributed by atoms with Crippen LogP contribution in [0.25, 0.3) is 0 Å². The molecule has 21 heavy (non-hydrogen) atoms. The van der Waals surface area contributed by atoms with Crippen LogP contribution in [0.15, 0.2) is 24.4 Å². The lowest BCUT2D eigenvalue weighted by Gasteiger charge is -2.44. The summed E-state index contributed by atoms with van der Waals surface area (Å²) in [7, 11) is 0. The highest BCUT2D eigenvalue weighted by molar-refractivity contribution is 5.74. The standard InChI is InChI=1S/C17H25N3O/c21-16(19-14-15-6-2-5-11-18-15)20-12-9-17(10-13-20)7-3-1-4-8-17/h2,5-6,11H,1,3-4,7-10,12-14H2,(H,19,21). The molecular weight excluding hydrogens is 262 g/mol. The van der Waals surface area contributed by atoms with Gasteiger partial charge in [-0.15, -0.1) is 0 Å². The SMILES string of the molecule is O=C(NCc1ccccn1)N1CCC2(CCCCC2)CC1. The summed E-state index contributed by atoms with van der Waals surface area (Å²) in [6, 6.07) is 5.83. The van der Waals surface area contributed by atoms with Crippen LogP contribution in [-0.2, 0) is 6.54 Å². The van der Waals surface area contributed by atoms with Crippen LogP contribution < -0.4 is 5.32 Å². The molecule has 114 valence electrons. The second kappa shape index (κ2) is 6.46. The monoisotopic (exact) mass is 287 g/mol. The summed E-state index contributed by atoms with van der Waals surface area (Å²) in [6.45, 7) is 2.34. The first-order valence-electron chi connectivity index (χ1n) is 8.20. The van der Waals surface area contributed by atoms with E-state index >= 15 is 0 Å². The van der Waals surface area contributed by atoms with Gasteiger partial charge in [-0.1, -0.05) is 25.3 Å². The van der Waals surface area contributed by atoms with Crippen LogP contribution in [0.5, 0.6) is 0 Å². The fourth-order valence-electron chi connectivity index (χ4n) is 3.77. The van der Waals surface area contributed by atoms with Gasteiger partial charge in [-0.05, 0) is 43.2 Å². The number of nitrogens with zero attached hydrogens (tertiary/aromatic N) is 2. The lowest BCUT2D eigenvalue weighted by atomic mass is 9.68. The Hall–Kier alpha value is -1.58. The van der Waals surface area contributed by atoms with Gasteiger partial charge in [0.2, 0.25) is 0 Å². The number of hydrogen-bond acceptors (Lipinski definition) is 2. The Morgan fingerprint density at radius 2 is 1.90 bits per heavy atom. The van der Waals surface area contributed by atoms with Gasteiger partial charge >= 0.3 is 6.03 Å². The second-order valence-electron chi connectivity index (χ2n) is 6.53. The van der Waals surface area contributed by atoms with E-state index in [1.54, 1.807) is 6.20 Å². The molecule has 1 aliphatic carbocycles. The maximum Gasteiger partial charge on any atom is 0.317 e. The number of carbonyl (C=O) groups excluding carboxylic acids is 1. The Bertz CT molecular complexity index is 458. The van der Waals surface area contributed by atoms with Crippen molar-refractivity contribution in [3.05, 3.63) is 30.1 Å². The van der Waals surface area contributed by atoms with Crippen molar-refractivity contribution in [1.82, 2.24) is 15.2 Å².